The second-order valence-electron chi connectivity index (χ2n) is 2.59. The standard InChI is InChI=1S/C8H7Cl3N2O2/c9-8(10,11)6-15-7(14)12-13-4-2-1-3-5-13/h1-5H,6H2/p+1. The van der Waals surface area contributed by atoms with E-state index in [2.05, 4.69) is 10.2 Å². The molecule has 15 heavy (non-hydrogen) atoms. The zero-order valence-corrected chi connectivity index (χ0v) is 9.76. The lowest BCUT2D eigenvalue weighted by Gasteiger charge is -2.09. The third-order valence-corrected chi connectivity index (χ3v) is 1.63. The molecule has 0 saturated carbocycles. The van der Waals surface area contributed by atoms with Crippen LogP contribution in [-0.2, 0) is 4.74 Å². The highest BCUT2D eigenvalue weighted by atomic mass is 35.6. The number of amides is 1. The zero-order chi connectivity index (χ0) is 11.3. The van der Waals surface area contributed by atoms with Crippen molar-refractivity contribution in [1.29, 1.82) is 0 Å². The molecular weight excluding hydrogens is 262 g/mol. The fourth-order valence-corrected chi connectivity index (χ4v) is 0.922. The van der Waals surface area contributed by atoms with E-state index in [4.69, 9.17) is 34.8 Å². The molecule has 0 aliphatic rings. The quantitative estimate of drug-likeness (QED) is 0.660. The maximum absolute atomic E-state index is 11.1. The summed E-state index contributed by atoms with van der Waals surface area (Å²) in [6.07, 6.45) is 2.57. The minimum atomic E-state index is -1.60. The maximum Gasteiger partial charge on any atom is 0.461 e. The van der Waals surface area contributed by atoms with E-state index in [1.54, 1.807) is 24.5 Å². The fourth-order valence-electron chi connectivity index (χ4n) is 0.758. The lowest BCUT2D eigenvalue weighted by molar-refractivity contribution is -0.642. The van der Waals surface area contributed by atoms with E-state index < -0.39 is 9.89 Å². The van der Waals surface area contributed by atoms with Crippen LogP contribution in [0.3, 0.4) is 0 Å². The van der Waals surface area contributed by atoms with Gasteiger partial charge in [0.05, 0.1) is 0 Å². The van der Waals surface area contributed by atoms with Gasteiger partial charge in [0.15, 0.2) is 12.4 Å². The molecule has 0 atom stereocenters. The summed E-state index contributed by atoms with van der Waals surface area (Å²) in [5.41, 5.74) is 2.39. The predicted octanol–water partition coefficient (Wildman–Crippen LogP) is 2.02. The molecule has 1 N–H and O–H groups in total. The minimum absolute atomic E-state index is 0.309. The number of nitrogens with one attached hydrogen (secondary N) is 1. The molecule has 0 aliphatic heterocycles. The molecule has 0 aromatic carbocycles. The Kier molecular flexibility index (Phi) is 4.45. The number of alkyl halides is 3. The highest BCUT2D eigenvalue weighted by Gasteiger charge is 2.22. The molecule has 0 radical (unpaired) electrons. The van der Waals surface area contributed by atoms with Crippen LogP contribution in [0.2, 0.25) is 0 Å². The number of halogens is 3. The van der Waals surface area contributed by atoms with E-state index in [1.165, 1.54) is 4.68 Å². The first-order chi connectivity index (χ1) is 6.97. The van der Waals surface area contributed by atoms with Gasteiger partial charge in [0.25, 0.3) is 0 Å². The van der Waals surface area contributed by atoms with Crippen LogP contribution in [0.15, 0.2) is 30.6 Å². The Hall–Kier alpha value is -0.710. The lowest BCUT2D eigenvalue weighted by atomic mass is 10.5. The van der Waals surface area contributed by atoms with Crippen LogP contribution in [0, 0.1) is 0 Å². The molecule has 0 spiro atoms. The van der Waals surface area contributed by atoms with Crippen molar-refractivity contribution < 1.29 is 14.2 Å². The molecule has 4 nitrogen and oxygen atoms in total. The van der Waals surface area contributed by atoms with E-state index >= 15 is 0 Å². The number of nitrogens with zero attached hydrogens (tertiary/aromatic N) is 1. The number of hydrogen-bond donors (Lipinski definition) is 1. The first-order valence-electron chi connectivity index (χ1n) is 3.94. The number of carbonyl (C=O) groups is 1. The van der Waals surface area contributed by atoms with Crippen LogP contribution in [0.1, 0.15) is 0 Å². The summed E-state index contributed by atoms with van der Waals surface area (Å²) < 4.78 is 4.46. The van der Waals surface area contributed by atoms with Gasteiger partial charge in [-0.25, -0.2) is 4.79 Å². The molecule has 0 aliphatic carbocycles. The number of ether oxygens (including phenoxy) is 1. The molecule has 0 saturated heterocycles. The Morgan fingerprint density at radius 2 is 1.87 bits per heavy atom. The Morgan fingerprint density at radius 1 is 1.27 bits per heavy atom. The highest BCUT2D eigenvalue weighted by molar-refractivity contribution is 6.67. The summed E-state index contributed by atoms with van der Waals surface area (Å²) in [7, 11) is 0. The maximum atomic E-state index is 11.1. The molecule has 7 heteroatoms. The topological polar surface area (TPSA) is 42.2 Å². The average molecular weight is 271 g/mol. The van der Waals surface area contributed by atoms with Gasteiger partial charge in [0.2, 0.25) is 3.79 Å². The molecule has 1 rings (SSSR count). The molecule has 1 aromatic rings. The SMILES string of the molecule is O=C(N[n+]1ccccc1)OCC(Cl)(Cl)Cl. The van der Waals surface area contributed by atoms with Gasteiger partial charge >= 0.3 is 6.09 Å². The summed E-state index contributed by atoms with van der Waals surface area (Å²) in [5, 5.41) is 0. The van der Waals surface area contributed by atoms with E-state index in [0.717, 1.165) is 0 Å². The van der Waals surface area contributed by atoms with Crippen LogP contribution >= 0.6 is 34.8 Å². The van der Waals surface area contributed by atoms with Gasteiger partial charge in [0, 0.05) is 12.1 Å². The molecule has 1 amide bonds. The van der Waals surface area contributed by atoms with Crippen molar-refractivity contribution in [2.24, 2.45) is 0 Å². The van der Waals surface area contributed by atoms with Gasteiger partial charge in [-0.15, -0.1) is 0 Å². The first-order valence-corrected chi connectivity index (χ1v) is 5.07. The molecule has 1 heterocycles. The summed E-state index contributed by atoms with van der Waals surface area (Å²) >= 11 is 16.2. The van der Waals surface area contributed by atoms with Crippen molar-refractivity contribution >= 4 is 40.9 Å². The van der Waals surface area contributed by atoms with Gasteiger partial charge < -0.3 is 4.74 Å². The second kappa shape index (κ2) is 5.39. The smallest absolute Gasteiger partial charge is 0.441 e. The normalized spacial score (nSPS) is 10.9. The fraction of sp³-hybridized carbons (Fsp3) is 0.250. The van der Waals surface area contributed by atoms with Gasteiger partial charge in [-0.2, -0.15) is 0 Å². The van der Waals surface area contributed by atoms with Crippen molar-refractivity contribution in [2.45, 2.75) is 3.79 Å². The van der Waals surface area contributed by atoms with Gasteiger partial charge in [-0.05, 0) is 0 Å². The summed E-state index contributed by atoms with van der Waals surface area (Å²) in [5.74, 6) is 0. The van der Waals surface area contributed by atoms with Crippen molar-refractivity contribution in [2.75, 3.05) is 12.0 Å². The molecule has 82 valence electrons. The highest BCUT2D eigenvalue weighted by Crippen LogP contribution is 2.25. The largest absolute Gasteiger partial charge is 0.461 e. The molecular formula is C8H8Cl3N2O2+. The van der Waals surface area contributed by atoms with Crippen LogP contribution in [0.5, 0.6) is 0 Å². The summed E-state index contributed by atoms with van der Waals surface area (Å²) in [6, 6.07) is 5.30. The van der Waals surface area contributed by atoms with Gasteiger partial charge in [-0.3, -0.25) is 0 Å². The van der Waals surface area contributed by atoms with Crippen LogP contribution in [0.25, 0.3) is 0 Å². The second-order valence-corrected chi connectivity index (χ2v) is 5.10. The number of aromatic nitrogens is 1. The predicted molar refractivity (Wildman–Crippen MR) is 57.6 cm³/mol. The number of hydrogen-bond acceptors (Lipinski definition) is 2. The Morgan fingerprint density at radius 3 is 2.40 bits per heavy atom. The van der Waals surface area contributed by atoms with Crippen molar-refractivity contribution in [3.63, 3.8) is 0 Å². The monoisotopic (exact) mass is 269 g/mol. The van der Waals surface area contributed by atoms with E-state index in [9.17, 15) is 4.79 Å². The third-order valence-electron chi connectivity index (χ3n) is 1.30. The summed E-state index contributed by atoms with van der Waals surface area (Å²) in [4.78, 5) is 11.1. The third kappa shape index (κ3) is 5.67. The van der Waals surface area contributed by atoms with Crippen molar-refractivity contribution in [3.05, 3.63) is 30.6 Å². The Bertz CT molecular complexity index is 326. The Balaban J connectivity index is 2.38. The van der Waals surface area contributed by atoms with Crippen LogP contribution in [0.4, 0.5) is 4.79 Å². The number of carbonyl (C=O) groups excluding carboxylic acids is 1. The minimum Gasteiger partial charge on any atom is -0.441 e. The van der Waals surface area contributed by atoms with Crippen molar-refractivity contribution in [1.82, 2.24) is 0 Å². The van der Waals surface area contributed by atoms with E-state index in [0.29, 0.717) is 0 Å². The van der Waals surface area contributed by atoms with Crippen molar-refractivity contribution in [3.8, 4) is 0 Å². The average Bonchev–Trinajstić information content (AvgIpc) is 2.15. The van der Waals surface area contributed by atoms with Gasteiger partial charge in [-0.1, -0.05) is 51.0 Å². The van der Waals surface area contributed by atoms with E-state index in [-0.39, 0.29) is 6.61 Å². The molecule has 0 fully saturated rings. The Labute approximate surface area is 102 Å². The van der Waals surface area contributed by atoms with Crippen LogP contribution in [-0.4, -0.2) is 16.5 Å². The van der Waals surface area contributed by atoms with Crippen LogP contribution < -0.4 is 10.1 Å². The zero-order valence-electron chi connectivity index (χ0n) is 7.49. The number of rotatable bonds is 2. The molecule has 1 aromatic heterocycles. The van der Waals surface area contributed by atoms with Gasteiger partial charge in [0.1, 0.15) is 6.61 Å². The van der Waals surface area contributed by atoms with E-state index in [1.807, 2.05) is 6.07 Å². The lowest BCUT2D eigenvalue weighted by Crippen LogP contribution is -2.48. The molecule has 0 unspecified atom stereocenters. The summed E-state index contributed by atoms with van der Waals surface area (Å²) in [6.45, 7) is -0.309. The first kappa shape index (κ1) is 12.4. The number of pyridine rings is 1. The molecule has 0 bridgehead atoms.